The Balaban J connectivity index is 1.43. The van der Waals surface area contributed by atoms with E-state index in [1.54, 1.807) is 0 Å². The average molecular weight is 406 g/mol. The number of carbonyl (C=O) groups excluding carboxylic acids is 2. The third-order valence-corrected chi connectivity index (χ3v) is 6.17. The number of ether oxygens (including phenoxy) is 1. The van der Waals surface area contributed by atoms with E-state index in [0.29, 0.717) is 19.0 Å². The molecule has 0 bridgehead atoms. The number of amides is 3. The van der Waals surface area contributed by atoms with Crippen molar-refractivity contribution in [1.29, 1.82) is 5.41 Å². The molecule has 0 aromatic rings. The smallest absolute Gasteiger partial charge is 0.320 e. The van der Waals surface area contributed by atoms with Crippen LogP contribution in [0.4, 0.5) is 4.79 Å². The predicted octanol–water partition coefficient (Wildman–Crippen LogP) is 1.58. The van der Waals surface area contributed by atoms with Crippen LogP contribution in [0.3, 0.4) is 0 Å². The minimum absolute atomic E-state index is 0.0283. The van der Waals surface area contributed by atoms with Gasteiger partial charge in [0.05, 0.1) is 12.1 Å². The van der Waals surface area contributed by atoms with Crippen LogP contribution in [0.25, 0.3) is 0 Å². The number of carbonyl (C=O) groups is 2. The highest BCUT2D eigenvalue weighted by Gasteiger charge is 2.37. The summed E-state index contributed by atoms with van der Waals surface area (Å²) in [6.07, 6.45) is 6.11. The fraction of sp³-hybridized carbons (Fsp3) is 0.762. The summed E-state index contributed by atoms with van der Waals surface area (Å²) in [6.45, 7) is 10.0. The molecule has 3 heterocycles. The van der Waals surface area contributed by atoms with E-state index < -0.39 is 0 Å². The molecule has 3 rings (SSSR count). The minimum Gasteiger partial charge on any atom is -0.390 e. The van der Waals surface area contributed by atoms with Gasteiger partial charge in [0.15, 0.2) is 0 Å². The number of hydrogen-bond donors (Lipinski definition) is 3. The van der Waals surface area contributed by atoms with Gasteiger partial charge in [0.1, 0.15) is 6.61 Å². The van der Waals surface area contributed by atoms with Gasteiger partial charge in [-0.15, -0.1) is 0 Å². The highest BCUT2D eigenvalue weighted by molar-refractivity contribution is 5.79. The fourth-order valence-corrected chi connectivity index (χ4v) is 4.21. The number of piperidine rings is 2. The van der Waals surface area contributed by atoms with Crippen molar-refractivity contribution in [1.82, 2.24) is 20.4 Å². The van der Waals surface area contributed by atoms with Gasteiger partial charge in [-0.25, -0.2) is 4.79 Å². The number of urea groups is 1. The summed E-state index contributed by atoms with van der Waals surface area (Å²) in [5.41, 5.74) is 0.938. The third-order valence-electron chi connectivity index (χ3n) is 6.17. The molecule has 2 atom stereocenters. The maximum absolute atomic E-state index is 12.9. The third kappa shape index (κ3) is 5.50. The van der Waals surface area contributed by atoms with Crippen LogP contribution in [0.5, 0.6) is 0 Å². The van der Waals surface area contributed by atoms with Gasteiger partial charge >= 0.3 is 6.03 Å². The quantitative estimate of drug-likeness (QED) is 0.619. The predicted molar refractivity (Wildman–Crippen MR) is 112 cm³/mol. The molecule has 0 aromatic heterocycles. The zero-order valence-corrected chi connectivity index (χ0v) is 17.9. The molecule has 3 saturated heterocycles. The standard InChI is InChI=1S/C21H35N5O3/c1-21(2,3)16(10-22)12-23-11-15-4-7-25(8-5-15)20(28)26-9-6-18-17(13-26)24-19(27)14-29-18/h10,12,15,17-18,22-23H,4-9,11,13-14H2,1-3H3,(H,24,27)/b16-12+,22-10?/t17-,18?/m1/s1. The second-order valence-corrected chi connectivity index (χ2v) is 9.37. The first kappa shape index (κ1) is 21.6. The van der Waals surface area contributed by atoms with E-state index in [0.717, 1.165) is 44.5 Å². The Morgan fingerprint density at radius 2 is 1.93 bits per heavy atom. The molecule has 8 heteroatoms. The summed E-state index contributed by atoms with van der Waals surface area (Å²) in [5.74, 6) is 0.430. The number of nitrogens with one attached hydrogen (secondary N) is 3. The molecule has 3 aliphatic rings. The van der Waals surface area contributed by atoms with E-state index in [1.165, 1.54) is 6.21 Å². The summed E-state index contributed by atoms with van der Waals surface area (Å²) in [4.78, 5) is 28.3. The van der Waals surface area contributed by atoms with Crippen molar-refractivity contribution >= 4 is 18.2 Å². The van der Waals surface area contributed by atoms with Gasteiger partial charge in [-0.05, 0) is 36.2 Å². The van der Waals surface area contributed by atoms with Gasteiger partial charge in [-0.3, -0.25) is 4.79 Å². The van der Waals surface area contributed by atoms with Crippen LogP contribution in [-0.4, -0.2) is 79.4 Å². The largest absolute Gasteiger partial charge is 0.390 e. The molecule has 0 saturated carbocycles. The number of nitrogens with zero attached hydrogens (tertiary/aromatic N) is 2. The van der Waals surface area contributed by atoms with Crippen molar-refractivity contribution in [3.05, 3.63) is 11.8 Å². The molecule has 8 nitrogen and oxygen atoms in total. The normalized spacial score (nSPS) is 26.6. The first-order chi connectivity index (χ1) is 13.8. The van der Waals surface area contributed by atoms with Crippen LogP contribution in [0.1, 0.15) is 40.0 Å². The van der Waals surface area contributed by atoms with Gasteiger partial charge in [0.25, 0.3) is 0 Å². The number of fused-ring (bicyclic) bond motifs is 1. The Morgan fingerprint density at radius 3 is 2.59 bits per heavy atom. The number of hydrogen-bond acceptors (Lipinski definition) is 5. The van der Waals surface area contributed by atoms with Crippen molar-refractivity contribution in [2.24, 2.45) is 11.3 Å². The summed E-state index contributed by atoms with van der Waals surface area (Å²) in [5, 5.41) is 13.9. The van der Waals surface area contributed by atoms with Gasteiger partial charge in [-0.2, -0.15) is 0 Å². The molecule has 0 aliphatic carbocycles. The number of likely N-dealkylation sites (tertiary alicyclic amines) is 2. The van der Waals surface area contributed by atoms with Crippen LogP contribution >= 0.6 is 0 Å². The number of allylic oxidation sites excluding steroid dienone is 1. The molecule has 0 aromatic carbocycles. The lowest BCUT2D eigenvalue weighted by Crippen LogP contribution is -2.62. The highest BCUT2D eigenvalue weighted by atomic mass is 16.5. The Hall–Kier alpha value is -2.09. The number of rotatable bonds is 4. The lowest BCUT2D eigenvalue weighted by molar-refractivity contribution is -0.139. The molecule has 0 spiro atoms. The van der Waals surface area contributed by atoms with Crippen LogP contribution in [0.15, 0.2) is 11.8 Å². The van der Waals surface area contributed by atoms with Gasteiger partial charge < -0.3 is 30.6 Å². The van der Waals surface area contributed by atoms with E-state index >= 15 is 0 Å². The molecule has 3 aliphatic heterocycles. The van der Waals surface area contributed by atoms with E-state index in [9.17, 15) is 9.59 Å². The Morgan fingerprint density at radius 1 is 1.24 bits per heavy atom. The summed E-state index contributed by atoms with van der Waals surface area (Å²) < 4.78 is 5.58. The maximum Gasteiger partial charge on any atom is 0.320 e. The van der Waals surface area contributed by atoms with Crippen molar-refractivity contribution < 1.29 is 14.3 Å². The van der Waals surface area contributed by atoms with Gasteiger partial charge in [0.2, 0.25) is 5.91 Å². The molecule has 3 amide bonds. The molecule has 0 radical (unpaired) electrons. The minimum atomic E-state index is -0.0967. The maximum atomic E-state index is 12.9. The van der Waals surface area contributed by atoms with E-state index in [4.69, 9.17) is 10.1 Å². The Labute approximate surface area is 173 Å². The van der Waals surface area contributed by atoms with Gasteiger partial charge in [0, 0.05) is 45.1 Å². The Bertz CT molecular complexity index is 649. The Kier molecular flexibility index (Phi) is 6.82. The lowest BCUT2D eigenvalue weighted by Gasteiger charge is -2.43. The summed E-state index contributed by atoms with van der Waals surface area (Å²) >= 11 is 0. The van der Waals surface area contributed by atoms with Crippen LogP contribution < -0.4 is 10.6 Å². The SMILES string of the molecule is CC(C)(C)/C(C=N)=C/NCC1CCN(C(=O)N2CCC3OCC(=O)N[C@@H]3C2)CC1. The monoisotopic (exact) mass is 405 g/mol. The van der Waals surface area contributed by atoms with Crippen molar-refractivity contribution in [2.45, 2.75) is 52.2 Å². The van der Waals surface area contributed by atoms with Gasteiger partial charge in [-0.1, -0.05) is 20.8 Å². The van der Waals surface area contributed by atoms with Crippen molar-refractivity contribution in [3.63, 3.8) is 0 Å². The molecular weight excluding hydrogens is 370 g/mol. The molecule has 162 valence electrons. The number of morpholine rings is 1. The van der Waals surface area contributed by atoms with E-state index in [1.807, 2.05) is 16.0 Å². The average Bonchev–Trinajstić information content (AvgIpc) is 2.69. The zero-order valence-electron chi connectivity index (χ0n) is 17.9. The first-order valence-electron chi connectivity index (χ1n) is 10.7. The molecule has 3 N–H and O–H groups in total. The lowest BCUT2D eigenvalue weighted by atomic mass is 9.88. The van der Waals surface area contributed by atoms with E-state index in [2.05, 4.69) is 31.4 Å². The van der Waals surface area contributed by atoms with Crippen LogP contribution in [-0.2, 0) is 9.53 Å². The second kappa shape index (κ2) is 9.15. The second-order valence-electron chi connectivity index (χ2n) is 9.37. The zero-order chi connectivity index (χ0) is 21.0. The first-order valence-corrected chi connectivity index (χ1v) is 10.7. The van der Waals surface area contributed by atoms with Crippen molar-refractivity contribution in [3.8, 4) is 0 Å². The molecule has 1 unspecified atom stereocenters. The van der Waals surface area contributed by atoms with Crippen LogP contribution in [0.2, 0.25) is 0 Å². The highest BCUT2D eigenvalue weighted by Crippen LogP contribution is 2.24. The van der Waals surface area contributed by atoms with Crippen molar-refractivity contribution in [2.75, 3.05) is 39.3 Å². The summed E-state index contributed by atoms with van der Waals surface area (Å²) in [7, 11) is 0. The molecular formula is C21H35N5O3. The van der Waals surface area contributed by atoms with Crippen LogP contribution in [0, 0.1) is 16.7 Å². The molecule has 3 fully saturated rings. The van der Waals surface area contributed by atoms with E-state index in [-0.39, 0.29) is 36.1 Å². The molecule has 29 heavy (non-hydrogen) atoms. The summed E-state index contributed by atoms with van der Waals surface area (Å²) in [6, 6.07) is -0.0123. The topological polar surface area (TPSA) is 97.8 Å². The fourth-order valence-electron chi connectivity index (χ4n) is 4.21.